The number of nitrogens with one attached hydrogen (secondary N) is 1. The summed E-state index contributed by atoms with van der Waals surface area (Å²) in [6.07, 6.45) is 2.72. The first-order valence-corrected chi connectivity index (χ1v) is 8.19. The SMILES string of the molecule is COC1CCCN(c2ccc(CNC(C)C)cc2Br)C1. The summed E-state index contributed by atoms with van der Waals surface area (Å²) in [6.45, 7) is 7.35. The lowest BCUT2D eigenvalue weighted by Gasteiger charge is -2.34. The molecule has 0 spiro atoms. The van der Waals surface area contributed by atoms with E-state index >= 15 is 0 Å². The second-order valence-corrected chi connectivity index (χ2v) is 6.62. The van der Waals surface area contributed by atoms with Gasteiger partial charge in [0.15, 0.2) is 0 Å². The zero-order valence-electron chi connectivity index (χ0n) is 12.7. The molecule has 0 radical (unpaired) electrons. The summed E-state index contributed by atoms with van der Waals surface area (Å²) in [5, 5.41) is 3.45. The predicted molar refractivity (Wildman–Crippen MR) is 88.4 cm³/mol. The lowest BCUT2D eigenvalue weighted by molar-refractivity contribution is 0.0893. The minimum Gasteiger partial charge on any atom is -0.380 e. The molecule has 1 aliphatic rings. The number of anilines is 1. The summed E-state index contributed by atoms with van der Waals surface area (Å²) in [5.74, 6) is 0. The molecule has 4 heteroatoms. The molecule has 2 rings (SSSR count). The number of nitrogens with zero attached hydrogens (tertiary/aromatic N) is 1. The Morgan fingerprint density at radius 3 is 2.90 bits per heavy atom. The Labute approximate surface area is 130 Å². The molecular weight excluding hydrogens is 316 g/mol. The van der Waals surface area contributed by atoms with Crippen LogP contribution >= 0.6 is 15.9 Å². The molecular formula is C16H25BrN2O. The van der Waals surface area contributed by atoms with Crippen molar-refractivity contribution in [1.29, 1.82) is 0 Å². The van der Waals surface area contributed by atoms with Gasteiger partial charge in [-0.1, -0.05) is 19.9 Å². The molecule has 1 N–H and O–H groups in total. The van der Waals surface area contributed by atoms with Crippen molar-refractivity contribution in [2.45, 2.75) is 45.4 Å². The number of piperidine rings is 1. The maximum Gasteiger partial charge on any atom is 0.0746 e. The Balaban J connectivity index is 2.05. The van der Waals surface area contributed by atoms with Crippen LogP contribution < -0.4 is 10.2 Å². The van der Waals surface area contributed by atoms with E-state index in [1.165, 1.54) is 28.6 Å². The maximum absolute atomic E-state index is 5.50. The third kappa shape index (κ3) is 4.21. The quantitative estimate of drug-likeness (QED) is 0.886. The van der Waals surface area contributed by atoms with Gasteiger partial charge in [0.2, 0.25) is 0 Å². The number of halogens is 1. The van der Waals surface area contributed by atoms with Crippen LogP contribution in [0.5, 0.6) is 0 Å². The van der Waals surface area contributed by atoms with Gasteiger partial charge in [-0.2, -0.15) is 0 Å². The van der Waals surface area contributed by atoms with Crippen molar-refractivity contribution in [2.24, 2.45) is 0 Å². The van der Waals surface area contributed by atoms with Gasteiger partial charge in [0.25, 0.3) is 0 Å². The van der Waals surface area contributed by atoms with Crippen LogP contribution in [-0.4, -0.2) is 32.3 Å². The standard InChI is InChI=1S/C16H25BrN2O/c1-12(2)18-10-13-6-7-16(15(17)9-13)19-8-4-5-14(11-19)20-3/h6-7,9,12,14,18H,4-5,8,10-11H2,1-3H3. The Kier molecular flexibility index (Phi) is 5.87. The van der Waals surface area contributed by atoms with Crippen molar-refractivity contribution in [2.75, 3.05) is 25.1 Å². The molecule has 0 aromatic heterocycles. The summed E-state index contributed by atoms with van der Waals surface area (Å²) in [6, 6.07) is 7.17. The van der Waals surface area contributed by atoms with Crippen molar-refractivity contribution in [3.05, 3.63) is 28.2 Å². The third-order valence-electron chi connectivity index (χ3n) is 3.78. The fraction of sp³-hybridized carbons (Fsp3) is 0.625. The van der Waals surface area contributed by atoms with E-state index in [0.717, 1.165) is 19.6 Å². The van der Waals surface area contributed by atoms with Crippen LogP contribution in [0.15, 0.2) is 22.7 Å². The predicted octanol–water partition coefficient (Wildman–Crippen LogP) is 3.56. The number of hydrogen-bond acceptors (Lipinski definition) is 3. The van der Waals surface area contributed by atoms with Crippen LogP contribution in [0.3, 0.4) is 0 Å². The van der Waals surface area contributed by atoms with E-state index in [1.54, 1.807) is 0 Å². The normalized spacial score (nSPS) is 19.6. The second-order valence-electron chi connectivity index (χ2n) is 5.77. The van der Waals surface area contributed by atoms with Crippen LogP contribution in [0.25, 0.3) is 0 Å². The van der Waals surface area contributed by atoms with E-state index in [-0.39, 0.29) is 0 Å². The number of hydrogen-bond donors (Lipinski definition) is 1. The van der Waals surface area contributed by atoms with Crippen LogP contribution in [0.4, 0.5) is 5.69 Å². The van der Waals surface area contributed by atoms with Gasteiger partial charge in [0.05, 0.1) is 11.8 Å². The highest BCUT2D eigenvalue weighted by Crippen LogP contribution is 2.30. The Morgan fingerprint density at radius 1 is 1.45 bits per heavy atom. The summed E-state index contributed by atoms with van der Waals surface area (Å²) >= 11 is 3.72. The van der Waals surface area contributed by atoms with Gasteiger partial charge in [-0.15, -0.1) is 0 Å². The van der Waals surface area contributed by atoms with E-state index in [4.69, 9.17) is 4.74 Å². The Bertz CT molecular complexity index is 436. The van der Waals surface area contributed by atoms with Gasteiger partial charge < -0.3 is 15.0 Å². The molecule has 0 bridgehead atoms. The van der Waals surface area contributed by atoms with Gasteiger partial charge in [0.1, 0.15) is 0 Å². The first-order chi connectivity index (χ1) is 9.60. The van der Waals surface area contributed by atoms with Gasteiger partial charge in [0, 0.05) is 37.3 Å². The monoisotopic (exact) mass is 340 g/mol. The largest absolute Gasteiger partial charge is 0.380 e. The van der Waals surface area contributed by atoms with E-state index in [9.17, 15) is 0 Å². The van der Waals surface area contributed by atoms with Crippen LogP contribution in [0, 0.1) is 0 Å². The first-order valence-electron chi connectivity index (χ1n) is 7.39. The van der Waals surface area contributed by atoms with Crippen molar-refractivity contribution < 1.29 is 4.74 Å². The molecule has 3 nitrogen and oxygen atoms in total. The first kappa shape index (κ1) is 15.8. The number of benzene rings is 1. The summed E-state index contributed by atoms with van der Waals surface area (Å²) in [4.78, 5) is 2.42. The van der Waals surface area contributed by atoms with Gasteiger partial charge in [-0.05, 0) is 46.5 Å². The molecule has 1 aromatic carbocycles. The zero-order chi connectivity index (χ0) is 14.5. The Morgan fingerprint density at radius 2 is 2.25 bits per heavy atom. The highest BCUT2D eigenvalue weighted by atomic mass is 79.9. The molecule has 0 saturated carbocycles. The number of rotatable bonds is 5. The lowest BCUT2D eigenvalue weighted by atomic mass is 10.1. The number of ether oxygens (including phenoxy) is 1. The van der Waals surface area contributed by atoms with Gasteiger partial charge in [-0.3, -0.25) is 0 Å². The minimum atomic E-state index is 0.359. The average molecular weight is 341 g/mol. The summed E-state index contributed by atoms with van der Waals surface area (Å²) in [7, 11) is 1.81. The van der Waals surface area contributed by atoms with Crippen molar-refractivity contribution in [3.63, 3.8) is 0 Å². The van der Waals surface area contributed by atoms with E-state index < -0.39 is 0 Å². The number of methoxy groups -OCH3 is 1. The van der Waals surface area contributed by atoms with E-state index in [2.05, 4.69) is 58.2 Å². The molecule has 0 aliphatic carbocycles. The molecule has 0 amide bonds. The van der Waals surface area contributed by atoms with Crippen molar-refractivity contribution in [3.8, 4) is 0 Å². The van der Waals surface area contributed by atoms with Crippen LogP contribution in [-0.2, 0) is 11.3 Å². The topological polar surface area (TPSA) is 24.5 Å². The summed E-state index contributed by atoms with van der Waals surface area (Å²) in [5.41, 5.74) is 2.59. The molecule has 1 heterocycles. The molecule has 1 aliphatic heterocycles. The molecule has 112 valence electrons. The second kappa shape index (κ2) is 7.43. The maximum atomic E-state index is 5.50. The van der Waals surface area contributed by atoms with E-state index in [1.807, 2.05) is 7.11 Å². The molecule has 20 heavy (non-hydrogen) atoms. The highest BCUT2D eigenvalue weighted by molar-refractivity contribution is 9.10. The van der Waals surface area contributed by atoms with Crippen molar-refractivity contribution in [1.82, 2.24) is 5.32 Å². The van der Waals surface area contributed by atoms with Crippen molar-refractivity contribution >= 4 is 21.6 Å². The smallest absolute Gasteiger partial charge is 0.0746 e. The Hall–Kier alpha value is -0.580. The zero-order valence-corrected chi connectivity index (χ0v) is 14.2. The lowest BCUT2D eigenvalue weighted by Crippen LogP contribution is -2.39. The van der Waals surface area contributed by atoms with E-state index in [0.29, 0.717) is 12.1 Å². The van der Waals surface area contributed by atoms with Gasteiger partial charge in [-0.25, -0.2) is 0 Å². The molecule has 1 saturated heterocycles. The molecule has 1 unspecified atom stereocenters. The molecule has 1 fully saturated rings. The fourth-order valence-electron chi connectivity index (χ4n) is 2.59. The highest BCUT2D eigenvalue weighted by Gasteiger charge is 2.21. The van der Waals surface area contributed by atoms with Crippen LogP contribution in [0.2, 0.25) is 0 Å². The third-order valence-corrected chi connectivity index (χ3v) is 4.41. The summed E-state index contributed by atoms with van der Waals surface area (Å²) < 4.78 is 6.68. The minimum absolute atomic E-state index is 0.359. The van der Waals surface area contributed by atoms with Crippen LogP contribution in [0.1, 0.15) is 32.3 Å². The fourth-order valence-corrected chi connectivity index (χ4v) is 3.27. The average Bonchev–Trinajstić information content (AvgIpc) is 2.45. The molecule has 1 atom stereocenters. The molecule has 1 aromatic rings. The van der Waals surface area contributed by atoms with Gasteiger partial charge >= 0.3 is 0 Å².